The van der Waals surface area contributed by atoms with E-state index in [2.05, 4.69) is 25.6 Å². The highest BCUT2D eigenvalue weighted by molar-refractivity contribution is 5.13. The molecule has 0 amide bonds. The first kappa shape index (κ1) is 24.9. The zero-order valence-electron chi connectivity index (χ0n) is 18.3. The molecule has 1 N–H and O–H groups in total. The van der Waals surface area contributed by atoms with Gasteiger partial charge in [0.05, 0.1) is 18.8 Å². The minimum absolute atomic E-state index is 0.133. The Bertz CT molecular complexity index is 457. The van der Waals surface area contributed by atoms with Gasteiger partial charge in [0.15, 0.2) is 0 Å². The standard InChI is InChI=1S/C26H44O2/c1-3-5-6-7-8-9-10-11-12-13-17-21-26(22-25(27)18-4-2)28-23-24-19-15-14-16-20-24/h4,14-16,19-20,25-27H,2-3,5-13,17-18,21-23H2,1H3/t25-,26-/m1/s1. The molecule has 160 valence electrons. The van der Waals surface area contributed by atoms with Gasteiger partial charge in [0.1, 0.15) is 0 Å². The molecule has 0 radical (unpaired) electrons. The van der Waals surface area contributed by atoms with E-state index in [4.69, 9.17) is 4.74 Å². The fraction of sp³-hybridized carbons (Fsp3) is 0.692. The van der Waals surface area contributed by atoms with E-state index in [1.54, 1.807) is 6.08 Å². The SMILES string of the molecule is C=CC[C@@H](O)C[C@@H](CCCCCCCCCCCCC)OCc1ccccc1. The van der Waals surface area contributed by atoms with Crippen LogP contribution < -0.4 is 0 Å². The quantitative estimate of drug-likeness (QED) is 0.195. The molecule has 0 unspecified atom stereocenters. The molecule has 2 atom stereocenters. The van der Waals surface area contributed by atoms with Crippen LogP contribution in [0.3, 0.4) is 0 Å². The Morgan fingerprint density at radius 3 is 2.04 bits per heavy atom. The lowest BCUT2D eigenvalue weighted by Gasteiger charge is -2.21. The molecule has 0 spiro atoms. The second-order valence-corrected chi connectivity index (χ2v) is 8.16. The lowest BCUT2D eigenvalue weighted by molar-refractivity contribution is -0.00119. The van der Waals surface area contributed by atoms with Gasteiger partial charge < -0.3 is 9.84 Å². The molecule has 1 aromatic carbocycles. The molecule has 0 aliphatic rings. The molecular weight excluding hydrogens is 344 g/mol. The number of hydrogen-bond acceptors (Lipinski definition) is 2. The van der Waals surface area contributed by atoms with Gasteiger partial charge in [-0.05, 0) is 24.8 Å². The highest BCUT2D eigenvalue weighted by Gasteiger charge is 2.14. The summed E-state index contributed by atoms with van der Waals surface area (Å²) in [5.74, 6) is 0. The van der Waals surface area contributed by atoms with Crippen molar-refractivity contribution >= 4 is 0 Å². The molecule has 0 heterocycles. The van der Waals surface area contributed by atoms with Crippen molar-refractivity contribution in [3.63, 3.8) is 0 Å². The monoisotopic (exact) mass is 388 g/mol. The molecule has 0 aliphatic heterocycles. The third-order valence-electron chi connectivity index (χ3n) is 5.43. The lowest BCUT2D eigenvalue weighted by Crippen LogP contribution is -2.20. The average molecular weight is 389 g/mol. The summed E-state index contributed by atoms with van der Waals surface area (Å²) in [7, 11) is 0. The van der Waals surface area contributed by atoms with E-state index in [1.165, 1.54) is 76.2 Å². The van der Waals surface area contributed by atoms with Crippen LogP contribution in [0.15, 0.2) is 43.0 Å². The Labute approximate surface area is 174 Å². The first-order valence-electron chi connectivity index (χ1n) is 11.7. The van der Waals surface area contributed by atoms with Crippen LogP contribution in [0.5, 0.6) is 0 Å². The Balaban J connectivity index is 2.15. The first-order chi connectivity index (χ1) is 13.8. The van der Waals surface area contributed by atoms with Crippen molar-refractivity contribution in [3.8, 4) is 0 Å². The van der Waals surface area contributed by atoms with E-state index >= 15 is 0 Å². The topological polar surface area (TPSA) is 29.5 Å². The molecule has 0 aromatic heterocycles. The fourth-order valence-electron chi connectivity index (χ4n) is 3.69. The van der Waals surface area contributed by atoms with E-state index in [1.807, 2.05) is 18.2 Å². The highest BCUT2D eigenvalue weighted by atomic mass is 16.5. The fourth-order valence-corrected chi connectivity index (χ4v) is 3.69. The minimum Gasteiger partial charge on any atom is -0.393 e. The van der Waals surface area contributed by atoms with Crippen molar-refractivity contribution < 1.29 is 9.84 Å². The second-order valence-electron chi connectivity index (χ2n) is 8.16. The molecule has 0 bridgehead atoms. The number of hydrogen-bond donors (Lipinski definition) is 1. The smallest absolute Gasteiger partial charge is 0.0720 e. The van der Waals surface area contributed by atoms with Crippen LogP contribution in [0.25, 0.3) is 0 Å². The summed E-state index contributed by atoms with van der Waals surface area (Å²) >= 11 is 0. The van der Waals surface area contributed by atoms with Crippen molar-refractivity contribution in [1.29, 1.82) is 0 Å². The first-order valence-corrected chi connectivity index (χ1v) is 11.7. The Morgan fingerprint density at radius 1 is 0.893 bits per heavy atom. The molecule has 2 nitrogen and oxygen atoms in total. The van der Waals surface area contributed by atoms with Crippen molar-refractivity contribution in [2.45, 2.75) is 116 Å². The van der Waals surface area contributed by atoms with Crippen LogP contribution in [0.4, 0.5) is 0 Å². The van der Waals surface area contributed by atoms with Crippen molar-refractivity contribution in [1.82, 2.24) is 0 Å². The Kier molecular flexibility index (Phi) is 16.0. The Morgan fingerprint density at radius 2 is 1.46 bits per heavy atom. The van der Waals surface area contributed by atoms with E-state index in [9.17, 15) is 5.11 Å². The third-order valence-corrected chi connectivity index (χ3v) is 5.43. The number of benzene rings is 1. The maximum Gasteiger partial charge on any atom is 0.0720 e. The molecule has 0 saturated heterocycles. The van der Waals surface area contributed by atoms with Gasteiger partial charge in [-0.2, -0.15) is 0 Å². The number of aliphatic hydroxyl groups is 1. The molecule has 0 fully saturated rings. The molecule has 0 saturated carbocycles. The summed E-state index contributed by atoms with van der Waals surface area (Å²) < 4.78 is 6.14. The number of aliphatic hydroxyl groups excluding tert-OH is 1. The number of rotatable bonds is 19. The molecule has 1 aromatic rings. The van der Waals surface area contributed by atoms with Crippen LogP contribution in [0.2, 0.25) is 0 Å². The van der Waals surface area contributed by atoms with Crippen LogP contribution in [0, 0.1) is 0 Å². The molecule has 1 rings (SSSR count). The number of unbranched alkanes of at least 4 members (excludes halogenated alkanes) is 10. The van der Waals surface area contributed by atoms with Gasteiger partial charge in [0.25, 0.3) is 0 Å². The molecular formula is C26H44O2. The molecule has 28 heavy (non-hydrogen) atoms. The van der Waals surface area contributed by atoms with Crippen LogP contribution in [0.1, 0.15) is 102 Å². The van der Waals surface area contributed by atoms with Crippen LogP contribution in [-0.2, 0) is 11.3 Å². The van der Waals surface area contributed by atoms with E-state index in [0.717, 1.165) is 6.42 Å². The van der Waals surface area contributed by atoms with Crippen LogP contribution >= 0.6 is 0 Å². The summed E-state index contributed by atoms with van der Waals surface area (Å²) in [5.41, 5.74) is 1.20. The summed E-state index contributed by atoms with van der Waals surface area (Å²) in [6, 6.07) is 10.3. The van der Waals surface area contributed by atoms with Gasteiger partial charge in [-0.15, -0.1) is 6.58 Å². The van der Waals surface area contributed by atoms with Gasteiger partial charge >= 0.3 is 0 Å². The minimum atomic E-state index is -0.342. The second kappa shape index (κ2) is 17.9. The largest absolute Gasteiger partial charge is 0.393 e. The lowest BCUT2D eigenvalue weighted by atomic mass is 10.0. The summed E-state index contributed by atoms with van der Waals surface area (Å²) in [6.45, 7) is 6.64. The van der Waals surface area contributed by atoms with Gasteiger partial charge in [0.2, 0.25) is 0 Å². The zero-order chi connectivity index (χ0) is 20.3. The van der Waals surface area contributed by atoms with Gasteiger partial charge in [-0.3, -0.25) is 0 Å². The van der Waals surface area contributed by atoms with Crippen molar-refractivity contribution in [2.24, 2.45) is 0 Å². The highest BCUT2D eigenvalue weighted by Crippen LogP contribution is 2.18. The maximum atomic E-state index is 10.1. The zero-order valence-corrected chi connectivity index (χ0v) is 18.3. The predicted molar refractivity (Wildman–Crippen MR) is 122 cm³/mol. The Hall–Kier alpha value is -1.12. The predicted octanol–water partition coefficient (Wildman–Crippen LogP) is 7.60. The van der Waals surface area contributed by atoms with Crippen molar-refractivity contribution in [2.75, 3.05) is 0 Å². The summed E-state index contributed by atoms with van der Waals surface area (Å²) in [5, 5.41) is 10.1. The van der Waals surface area contributed by atoms with E-state index in [-0.39, 0.29) is 12.2 Å². The summed E-state index contributed by atoms with van der Waals surface area (Å²) in [4.78, 5) is 0. The van der Waals surface area contributed by atoms with Gasteiger partial charge in [0, 0.05) is 0 Å². The van der Waals surface area contributed by atoms with E-state index < -0.39 is 0 Å². The van der Waals surface area contributed by atoms with Gasteiger partial charge in [-0.1, -0.05) is 114 Å². The van der Waals surface area contributed by atoms with E-state index in [0.29, 0.717) is 19.4 Å². The molecule has 0 aliphatic carbocycles. The van der Waals surface area contributed by atoms with Crippen LogP contribution in [-0.4, -0.2) is 17.3 Å². The summed E-state index contributed by atoms with van der Waals surface area (Å²) in [6.07, 6.45) is 18.9. The molecule has 2 heteroatoms. The average Bonchev–Trinajstić information content (AvgIpc) is 2.71. The third kappa shape index (κ3) is 14.0. The normalized spacial score (nSPS) is 13.4. The van der Waals surface area contributed by atoms with Gasteiger partial charge in [-0.25, -0.2) is 0 Å². The van der Waals surface area contributed by atoms with Crippen molar-refractivity contribution in [3.05, 3.63) is 48.6 Å². The maximum absolute atomic E-state index is 10.1. The number of ether oxygens (including phenoxy) is 1.